The molecule has 1 aliphatic heterocycles. The summed E-state index contributed by atoms with van der Waals surface area (Å²) in [5, 5.41) is 3.46. The Labute approximate surface area is 131 Å². The second-order valence-electron chi connectivity index (χ2n) is 5.43. The number of fused-ring (bicyclic) bond motifs is 1. The minimum absolute atomic E-state index is 0. The molecule has 0 bridgehead atoms. The Kier molecular flexibility index (Phi) is 5.21. The van der Waals surface area contributed by atoms with E-state index in [0.717, 1.165) is 31.6 Å². The lowest BCUT2D eigenvalue weighted by molar-refractivity contribution is 0.319. The number of para-hydroxylation sites is 1. The van der Waals surface area contributed by atoms with Gasteiger partial charge >= 0.3 is 0 Å². The normalized spacial score (nSPS) is 12.7. The molecule has 0 atom stereocenters. The summed E-state index contributed by atoms with van der Waals surface area (Å²) in [4.78, 5) is 2.21. The number of anilines is 1. The van der Waals surface area contributed by atoms with Gasteiger partial charge in [0.25, 0.3) is 0 Å². The third kappa shape index (κ3) is 3.74. The smallest absolute Gasteiger partial charge is 0.123 e. The van der Waals surface area contributed by atoms with E-state index in [2.05, 4.69) is 35.5 Å². The molecule has 3 rings (SSSR count). The molecule has 1 aliphatic rings. The predicted molar refractivity (Wildman–Crippen MR) is 87.5 cm³/mol. The second-order valence-corrected chi connectivity index (χ2v) is 5.43. The molecule has 0 fully saturated rings. The van der Waals surface area contributed by atoms with Gasteiger partial charge in [0, 0.05) is 25.3 Å². The molecule has 2 nitrogen and oxygen atoms in total. The molecule has 21 heavy (non-hydrogen) atoms. The number of hydrogen-bond acceptors (Lipinski definition) is 2. The summed E-state index contributed by atoms with van der Waals surface area (Å²) in [6.45, 7) is 2.65. The van der Waals surface area contributed by atoms with Crippen LogP contribution in [0.1, 0.15) is 16.7 Å². The van der Waals surface area contributed by atoms with E-state index in [4.69, 9.17) is 0 Å². The average Bonchev–Trinajstić information content (AvgIpc) is 2.88. The fraction of sp³-hybridized carbons (Fsp3) is 0.294. The first-order chi connectivity index (χ1) is 9.72. The van der Waals surface area contributed by atoms with E-state index in [0.29, 0.717) is 0 Å². The Hall–Kier alpha value is -1.58. The van der Waals surface area contributed by atoms with Crippen molar-refractivity contribution in [3.05, 3.63) is 65.0 Å². The molecule has 112 valence electrons. The highest BCUT2D eigenvalue weighted by molar-refractivity contribution is 5.85. The Morgan fingerprint density at radius 3 is 2.76 bits per heavy atom. The molecular weight excluding hydrogens is 287 g/mol. The van der Waals surface area contributed by atoms with Crippen LogP contribution in [-0.2, 0) is 19.5 Å². The fourth-order valence-corrected chi connectivity index (χ4v) is 2.84. The zero-order chi connectivity index (χ0) is 13.9. The zero-order valence-electron chi connectivity index (χ0n) is 12.1. The minimum Gasteiger partial charge on any atom is -0.384 e. The van der Waals surface area contributed by atoms with Gasteiger partial charge in [-0.25, -0.2) is 4.39 Å². The van der Waals surface area contributed by atoms with E-state index in [-0.39, 0.29) is 18.2 Å². The van der Waals surface area contributed by atoms with E-state index in [1.807, 2.05) is 6.07 Å². The van der Waals surface area contributed by atoms with Gasteiger partial charge in [-0.2, -0.15) is 0 Å². The maximum absolute atomic E-state index is 13.2. The van der Waals surface area contributed by atoms with Crippen LogP contribution >= 0.6 is 12.4 Å². The Bertz CT molecular complexity index is 615. The van der Waals surface area contributed by atoms with Gasteiger partial charge < -0.3 is 5.32 Å². The minimum atomic E-state index is -0.168. The van der Waals surface area contributed by atoms with Crippen LogP contribution in [0, 0.1) is 5.82 Å². The molecule has 0 saturated heterocycles. The number of hydrogen-bond donors (Lipinski definition) is 1. The standard InChI is InChI=1S/C17H19FN2.ClH/c1-20(11-13-4-2-7-16(18)10-13)12-15-6-3-5-14-8-9-19-17(14)15;/h2-7,10,19H,8-9,11-12H2,1H3;1H. The van der Waals surface area contributed by atoms with Crippen molar-refractivity contribution in [3.8, 4) is 0 Å². The lowest BCUT2D eigenvalue weighted by atomic mass is 10.1. The Balaban J connectivity index is 0.00000161. The SMILES string of the molecule is CN(Cc1cccc(F)c1)Cc1cccc2c1NCC2.Cl. The number of rotatable bonds is 4. The number of nitrogens with one attached hydrogen (secondary N) is 1. The third-order valence-corrected chi connectivity index (χ3v) is 3.71. The number of halogens is 2. The molecule has 0 amide bonds. The molecule has 0 spiro atoms. The quantitative estimate of drug-likeness (QED) is 0.923. The van der Waals surface area contributed by atoms with Crippen molar-refractivity contribution in [2.75, 3.05) is 18.9 Å². The highest BCUT2D eigenvalue weighted by atomic mass is 35.5. The van der Waals surface area contributed by atoms with Crippen LogP contribution in [0.4, 0.5) is 10.1 Å². The largest absolute Gasteiger partial charge is 0.384 e. The average molecular weight is 307 g/mol. The molecule has 1 heterocycles. The summed E-state index contributed by atoms with van der Waals surface area (Å²) in [6, 6.07) is 13.3. The van der Waals surface area contributed by atoms with Crippen molar-refractivity contribution in [2.24, 2.45) is 0 Å². The first-order valence-electron chi connectivity index (χ1n) is 7.00. The van der Waals surface area contributed by atoms with Gasteiger partial charge in [-0.1, -0.05) is 30.3 Å². The van der Waals surface area contributed by atoms with Gasteiger partial charge in [-0.05, 0) is 42.3 Å². The number of nitrogens with zero attached hydrogens (tertiary/aromatic N) is 1. The molecule has 4 heteroatoms. The van der Waals surface area contributed by atoms with Gasteiger partial charge in [0.2, 0.25) is 0 Å². The second kappa shape index (κ2) is 6.92. The highest BCUT2D eigenvalue weighted by Crippen LogP contribution is 2.27. The van der Waals surface area contributed by atoms with Crippen LogP contribution in [0.5, 0.6) is 0 Å². The van der Waals surface area contributed by atoms with Crippen molar-refractivity contribution in [1.29, 1.82) is 0 Å². The van der Waals surface area contributed by atoms with Crippen LogP contribution in [0.15, 0.2) is 42.5 Å². The topological polar surface area (TPSA) is 15.3 Å². The van der Waals surface area contributed by atoms with Crippen LogP contribution < -0.4 is 5.32 Å². The monoisotopic (exact) mass is 306 g/mol. The lowest BCUT2D eigenvalue weighted by Crippen LogP contribution is -2.18. The summed E-state index contributed by atoms with van der Waals surface area (Å²) in [6.07, 6.45) is 1.11. The molecule has 0 radical (unpaired) electrons. The van der Waals surface area contributed by atoms with Gasteiger partial charge in [0.05, 0.1) is 0 Å². The summed E-state index contributed by atoms with van der Waals surface area (Å²) in [5.74, 6) is -0.168. The molecule has 0 unspecified atom stereocenters. The van der Waals surface area contributed by atoms with Crippen LogP contribution in [0.25, 0.3) is 0 Å². The Morgan fingerprint density at radius 1 is 1.14 bits per heavy atom. The highest BCUT2D eigenvalue weighted by Gasteiger charge is 2.14. The van der Waals surface area contributed by atoms with Gasteiger partial charge in [-0.15, -0.1) is 12.4 Å². The lowest BCUT2D eigenvalue weighted by Gasteiger charge is -2.19. The molecular formula is C17H20ClFN2. The van der Waals surface area contributed by atoms with Gasteiger partial charge in [0.1, 0.15) is 5.82 Å². The molecule has 0 saturated carbocycles. The maximum Gasteiger partial charge on any atom is 0.123 e. The number of benzene rings is 2. The summed E-state index contributed by atoms with van der Waals surface area (Å²) < 4.78 is 13.2. The fourth-order valence-electron chi connectivity index (χ4n) is 2.84. The van der Waals surface area contributed by atoms with E-state index >= 15 is 0 Å². The van der Waals surface area contributed by atoms with E-state index in [1.54, 1.807) is 12.1 Å². The van der Waals surface area contributed by atoms with Crippen LogP contribution in [0.3, 0.4) is 0 Å². The summed E-state index contributed by atoms with van der Waals surface area (Å²) in [5.41, 5.74) is 5.02. The van der Waals surface area contributed by atoms with Crippen molar-refractivity contribution < 1.29 is 4.39 Å². The third-order valence-electron chi connectivity index (χ3n) is 3.71. The molecule has 0 aliphatic carbocycles. The molecule has 1 N–H and O–H groups in total. The first-order valence-corrected chi connectivity index (χ1v) is 7.00. The molecule has 0 aromatic heterocycles. The van der Waals surface area contributed by atoms with E-state index in [9.17, 15) is 4.39 Å². The summed E-state index contributed by atoms with van der Waals surface area (Å²) in [7, 11) is 2.07. The van der Waals surface area contributed by atoms with Gasteiger partial charge in [0.15, 0.2) is 0 Å². The predicted octanol–water partition coefficient (Wildman–Crippen LogP) is 3.85. The first kappa shape index (κ1) is 15.8. The van der Waals surface area contributed by atoms with Crippen molar-refractivity contribution in [1.82, 2.24) is 4.90 Å². The maximum atomic E-state index is 13.2. The van der Waals surface area contributed by atoms with Gasteiger partial charge in [-0.3, -0.25) is 4.90 Å². The van der Waals surface area contributed by atoms with Crippen LogP contribution in [0.2, 0.25) is 0 Å². The van der Waals surface area contributed by atoms with Crippen LogP contribution in [-0.4, -0.2) is 18.5 Å². The summed E-state index contributed by atoms with van der Waals surface area (Å²) >= 11 is 0. The zero-order valence-corrected chi connectivity index (χ0v) is 12.9. The molecule has 2 aromatic rings. The van der Waals surface area contributed by atoms with Crippen molar-refractivity contribution in [2.45, 2.75) is 19.5 Å². The van der Waals surface area contributed by atoms with Crippen molar-refractivity contribution >= 4 is 18.1 Å². The van der Waals surface area contributed by atoms with Crippen molar-refractivity contribution in [3.63, 3.8) is 0 Å². The van der Waals surface area contributed by atoms with E-state index < -0.39 is 0 Å². The Morgan fingerprint density at radius 2 is 1.95 bits per heavy atom. The molecule has 2 aromatic carbocycles. The van der Waals surface area contributed by atoms with E-state index in [1.165, 1.54) is 22.9 Å².